The first-order valence-corrected chi connectivity index (χ1v) is 10.2. The number of likely N-dealkylation sites (N-methyl/N-ethyl adjacent to an activating group) is 1. The van der Waals surface area contributed by atoms with Crippen molar-refractivity contribution in [3.8, 4) is 5.75 Å². The number of morpholine rings is 1. The van der Waals surface area contributed by atoms with E-state index in [0.29, 0.717) is 12.5 Å². The lowest BCUT2D eigenvalue weighted by Crippen LogP contribution is -2.46. The number of nitrogens with one attached hydrogen (secondary N) is 2. The zero-order chi connectivity index (χ0) is 21.1. The van der Waals surface area contributed by atoms with E-state index in [1.54, 1.807) is 19.0 Å². The minimum Gasteiger partial charge on any atom is -0.489 e. The van der Waals surface area contributed by atoms with Gasteiger partial charge in [-0.15, -0.1) is 24.0 Å². The van der Waals surface area contributed by atoms with Crippen LogP contribution in [0.4, 0.5) is 0 Å². The van der Waals surface area contributed by atoms with Crippen LogP contribution in [0.25, 0.3) is 0 Å². The van der Waals surface area contributed by atoms with E-state index in [1.807, 2.05) is 38.1 Å². The fourth-order valence-electron chi connectivity index (χ4n) is 2.82. The Morgan fingerprint density at radius 3 is 2.70 bits per heavy atom. The number of guanidine groups is 1. The van der Waals surface area contributed by atoms with E-state index in [2.05, 4.69) is 20.5 Å². The van der Waals surface area contributed by atoms with E-state index < -0.39 is 0 Å². The molecule has 8 nitrogen and oxygen atoms in total. The zero-order valence-corrected chi connectivity index (χ0v) is 20.8. The normalized spacial score (nSPS) is 15.7. The van der Waals surface area contributed by atoms with E-state index >= 15 is 0 Å². The van der Waals surface area contributed by atoms with Crippen LogP contribution in [-0.4, -0.2) is 94.3 Å². The predicted molar refractivity (Wildman–Crippen MR) is 131 cm³/mol. The van der Waals surface area contributed by atoms with Crippen molar-refractivity contribution in [2.45, 2.75) is 20.0 Å². The molecule has 1 atom stereocenters. The number of halogens is 1. The molecule has 1 amide bonds. The summed E-state index contributed by atoms with van der Waals surface area (Å²) in [5, 5.41) is 6.61. The number of aryl methyl sites for hydroxylation is 1. The Hall–Kier alpha value is -1.59. The Labute approximate surface area is 197 Å². The number of benzene rings is 1. The van der Waals surface area contributed by atoms with E-state index in [1.165, 1.54) is 0 Å². The molecule has 30 heavy (non-hydrogen) atoms. The van der Waals surface area contributed by atoms with Gasteiger partial charge in [0.15, 0.2) is 5.96 Å². The lowest BCUT2D eigenvalue weighted by Gasteiger charge is -2.27. The number of nitrogens with zero attached hydrogens (tertiary/aromatic N) is 3. The maximum absolute atomic E-state index is 11.9. The van der Waals surface area contributed by atoms with Gasteiger partial charge in [-0.3, -0.25) is 9.69 Å². The third-order valence-electron chi connectivity index (χ3n) is 4.58. The van der Waals surface area contributed by atoms with Gasteiger partial charge in [0.05, 0.1) is 19.8 Å². The van der Waals surface area contributed by atoms with Crippen molar-refractivity contribution < 1.29 is 14.3 Å². The standard InChI is InChI=1S/C21H35N5O3.HI/c1-17-6-5-7-19(14-17)29-18(2)15-23-21(24-16-20(27)25(3)4)22-8-9-26-10-12-28-13-11-26;/h5-7,14,18H,8-13,15-16H2,1-4H3,(H2,22,23,24);1H. The topological polar surface area (TPSA) is 78.4 Å². The first kappa shape index (κ1) is 26.4. The molecule has 1 aliphatic heterocycles. The fraction of sp³-hybridized carbons (Fsp3) is 0.619. The molecule has 170 valence electrons. The Balaban J connectivity index is 0.00000450. The fourth-order valence-corrected chi connectivity index (χ4v) is 2.82. The summed E-state index contributed by atoms with van der Waals surface area (Å²) >= 11 is 0. The van der Waals surface area contributed by atoms with Crippen LogP contribution in [0.2, 0.25) is 0 Å². The molecular weight excluding hydrogens is 497 g/mol. The molecule has 2 N–H and O–H groups in total. The maximum atomic E-state index is 11.9. The number of carbonyl (C=O) groups is 1. The van der Waals surface area contributed by atoms with Crippen LogP contribution in [0.1, 0.15) is 12.5 Å². The number of aliphatic imine (C=N–C) groups is 1. The molecule has 0 bridgehead atoms. The van der Waals surface area contributed by atoms with Gasteiger partial charge in [0.25, 0.3) is 0 Å². The monoisotopic (exact) mass is 533 g/mol. The van der Waals surface area contributed by atoms with Gasteiger partial charge < -0.3 is 25.0 Å². The highest BCUT2D eigenvalue weighted by Gasteiger charge is 2.11. The summed E-state index contributed by atoms with van der Waals surface area (Å²) in [6.45, 7) is 9.84. The Bertz CT molecular complexity index is 666. The van der Waals surface area contributed by atoms with Crippen molar-refractivity contribution >= 4 is 35.8 Å². The summed E-state index contributed by atoms with van der Waals surface area (Å²) in [7, 11) is 3.46. The van der Waals surface area contributed by atoms with Crippen molar-refractivity contribution in [3.05, 3.63) is 29.8 Å². The average molecular weight is 533 g/mol. The molecular formula is C21H36IN5O3. The average Bonchev–Trinajstić information content (AvgIpc) is 2.70. The quantitative estimate of drug-likeness (QED) is 0.284. The van der Waals surface area contributed by atoms with Crippen LogP contribution in [0, 0.1) is 6.92 Å². The maximum Gasteiger partial charge on any atom is 0.243 e. The SMILES string of the molecule is Cc1cccc(OC(C)CNC(=NCC(=O)N(C)C)NCCN2CCOCC2)c1.I. The van der Waals surface area contributed by atoms with Crippen molar-refractivity contribution in [1.82, 2.24) is 20.4 Å². The van der Waals surface area contributed by atoms with E-state index in [4.69, 9.17) is 9.47 Å². The molecule has 1 saturated heterocycles. The number of hydrogen-bond donors (Lipinski definition) is 2. The highest BCUT2D eigenvalue weighted by Crippen LogP contribution is 2.13. The Morgan fingerprint density at radius 1 is 1.30 bits per heavy atom. The summed E-state index contributed by atoms with van der Waals surface area (Å²) in [6.07, 6.45) is -0.0485. The van der Waals surface area contributed by atoms with Crippen molar-refractivity contribution in [1.29, 1.82) is 0 Å². The molecule has 2 rings (SSSR count). The van der Waals surface area contributed by atoms with Crippen molar-refractivity contribution in [2.24, 2.45) is 4.99 Å². The summed E-state index contributed by atoms with van der Waals surface area (Å²) in [4.78, 5) is 20.2. The first-order valence-electron chi connectivity index (χ1n) is 10.2. The molecule has 0 aromatic heterocycles. The second-order valence-corrected chi connectivity index (χ2v) is 7.46. The lowest BCUT2D eigenvalue weighted by atomic mass is 10.2. The molecule has 1 heterocycles. The molecule has 0 spiro atoms. The van der Waals surface area contributed by atoms with Gasteiger partial charge in [-0.1, -0.05) is 12.1 Å². The largest absolute Gasteiger partial charge is 0.489 e. The molecule has 9 heteroatoms. The molecule has 1 aliphatic rings. The van der Waals surface area contributed by atoms with Crippen LogP contribution in [0.15, 0.2) is 29.3 Å². The summed E-state index contributed by atoms with van der Waals surface area (Å²) in [5.41, 5.74) is 1.16. The van der Waals surface area contributed by atoms with Crippen LogP contribution in [-0.2, 0) is 9.53 Å². The third-order valence-corrected chi connectivity index (χ3v) is 4.58. The van der Waals surface area contributed by atoms with E-state index in [-0.39, 0.29) is 42.5 Å². The number of carbonyl (C=O) groups excluding carboxylic acids is 1. The second kappa shape index (κ2) is 14.4. The minimum atomic E-state index is -0.0485. The van der Waals surface area contributed by atoms with E-state index in [9.17, 15) is 4.79 Å². The van der Waals surface area contributed by atoms with Gasteiger partial charge in [0, 0.05) is 40.3 Å². The highest BCUT2D eigenvalue weighted by molar-refractivity contribution is 14.0. The predicted octanol–water partition coefficient (Wildman–Crippen LogP) is 1.34. The molecule has 1 unspecified atom stereocenters. The van der Waals surface area contributed by atoms with Crippen molar-refractivity contribution in [3.63, 3.8) is 0 Å². The zero-order valence-electron chi connectivity index (χ0n) is 18.5. The number of ether oxygens (including phenoxy) is 2. The van der Waals surface area contributed by atoms with Gasteiger partial charge in [-0.05, 0) is 31.5 Å². The van der Waals surface area contributed by atoms with Gasteiger partial charge in [-0.2, -0.15) is 0 Å². The number of rotatable bonds is 9. The van der Waals surface area contributed by atoms with Gasteiger partial charge >= 0.3 is 0 Å². The van der Waals surface area contributed by atoms with Crippen LogP contribution >= 0.6 is 24.0 Å². The van der Waals surface area contributed by atoms with Gasteiger partial charge in [0.2, 0.25) is 5.91 Å². The number of hydrogen-bond acceptors (Lipinski definition) is 5. The van der Waals surface area contributed by atoms with Gasteiger partial charge in [-0.25, -0.2) is 4.99 Å². The Kier molecular flexibility index (Phi) is 12.7. The molecule has 1 fully saturated rings. The molecule has 0 aliphatic carbocycles. The van der Waals surface area contributed by atoms with Crippen LogP contribution in [0.3, 0.4) is 0 Å². The van der Waals surface area contributed by atoms with E-state index in [0.717, 1.165) is 50.7 Å². The molecule has 1 aromatic carbocycles. The summed E-state index contributed by atoms with van der Waals surface area (Å²) in [5.74, 6) is 1.43. The molecule has 1 aromatic rings. The summed E-state index contributed by atoms with van der Waals surface area (Å²) in [6, 6.07) is 8.00. The molecule has 0 saturated carbocycles. The second-order valence-electron chi connectivity index (χ2n) is 7.46. The highest BCUT2D eigenvalue weighted by atomic mass is 127. The minimum absolute atomic E-state index is 0. The summed E-state index contributed by atoms with van der Waals surface area (Å²) < 4.78 is 11.3. The smallest absolute Gasteiger partial charge is 0.243 e. The van der Waals surface area contributed by atoms with Crippen LogP contribution < -0.4 is 15.4 Å². The lowest BCUT2D eigenvalue weighted by molar-refractivity contribution is -0.127. The van der Waals surface area contributed by atoms with Gasteiger partial charge in [0.1, 0.15) is 18.4 Å². The first-order chi connectivity index (χ1) is 13.9. The van der Waals surface area contributed by atoms with Crippen LogP contribution in [0.5, 0.6) is 5.75 Å². The Morgan fingerprint density at radius 2 is 2.03 bits per heavy atom. The molecule has 0 radical (unpaired) electrons. The third kappa shape index (κ3) is 10.4. The number of amides is 1. The van der Waals surface area contributed by atoms with Crippen molar-refractivity contribution in [2.75, 3.05) is 66.6 Å².